The van der Waals surface area contributed by atoms with Crippen LogP contribution in [0.4, 0.5) is 0 Å². The van der Waals surface area contributed by atoms with Crippen LogP contribution in [0.15, 0.2) is 6.20 Å². The van der Waals surface area contributed by atoms with Crippen LogP contribution < -0.4 is 0 Å². The zero-order valence-electron chi connectivity index (χ0n) is 8.87. The SMILES string of the molecule is CCSCc1nc(C)cn1C(C)C. The molecule has 0 spiro atoms. The van der Waals surface area contributed by atoms with Crippen LogP contribution >= 0.6 is 11.8 Å². The Morgan fingerprint density at radius 3 is 2.77 bits per heavy atom. The lowest BCUT2D eigenvalue weighted by Crippen LogP contribution is -2.04. The third kappa shape index (κ3) is 2.76. The average Bonchev–Trinajstić information content (AvgIpc) is 2.43. The lowest BCUT2D eigenvalue weighted by molar-refractivity contribution is 0.580. The van der Waals surface area contributed by atoms with E-state index in [1.54, 1.807) is 0 Å². The fraction of sp³-hybridized carbons (Fsp3) is 0.700. The quantitative estimate of drug-likeness (QED) is 0.740. The van der Waals surface area contributed by atoms with Crippen LogP contribution in [0.25, 0.3) is 0 Å². The smallest absolute Gasteiger partial charge is 0.119 e. The predicted octanol–water partition coefficient (Wildman–Crippen LogP) is 3.03. The van der Waals surface area contributed by atoms with Gasteiger partial charge < -0.3 is 4.57 Å². The second kappa shape index (κ2) is 4.70. The third-order valence-corrected chi connectivity index (χ3v) is 2.79. The molecule has 0 bridgehead atoms. The Bertz CT molecular complexity index is 266. The molecule has 0 aliphatic rings. The molecule has 3 heteroatoms. The van der Waals surface area contributed by atoms with Crippen molar-refractivity contribution in [1.82, 2.24) is 9.55 Å². The molecule has 0 aliphatic heterocycles. The maximum Gasteiger partial charge on any atom is 0.119 e. The van der Waals surface area contributed by atoms with Crippen LogP contribution in [0.1, 0.15) is 38.3 Å². The molecule has 0 aliphatic carbocycles. The molecule has 0 aromatic carbocycles. The van der Waals surface area contributed by atoms with E-state index in [0.717, 1.165) is 17.2 Å². The highest BCUT2D eigenvalue weighted by Crippen LogP contribution is 2.16. The zero-order chi connectivity index (χ0) is 9.84. The van der Waals surface area contributed by atoms with Crippen LogP contribution in [-0.2, 0) is 5.75 Å². The molecule has 13 heavy (non-hydrogen) atoms. The van der Waals surface area contributed by atoms with Crippen molar-refractivity contribution in [2.75, 3.05) is 5.75 Å². The average molecular weight is 198 g/mol. The molecule has 0 radical (unpaired) electrons. The van der Waals surface area contributed by atoms with Crippen LogP contribution in [0.5, 0.6) is 0 Å². The largest absolute Gasteiger partial charge is 0.331 e. The van der Waals surface area contributed by atoms with Gasteiger partial charge in [0, 0.05) is 12.2 Å². The molecule has 0 N–H and O–H groups in total. The number of aromatic nitrogens is 2. The Hall–Kier alpha value is -0.440. The van der Waals surface area contributed by atoms with Crippen molar-refractivity contribution in [2.45, 2.75) is 39.5 Å². The first-order valence-electron chi connectivity index (χ1n) is 4.77. The topological polar surface area (TPSA) is 17.8 Å². The Kier molecular flexibility index (Phi) is 3.85. The molecule has 2 nitrogen and oxygen atoms in total. The van der Waals surface area contributed by atoms with E-state index in [9.17, 15) is 0 Å². The van der Waals surface area contributed by atoms with Crippen molar-refractivity contribution in [1.29, 1.82) is 0 Å². The normalized spacial score (nSPS) is 11.2. The molecule has 1 rings (SSSR count). The minimum atomic E-state index is 0.522. The summed E-state index contributed by atoms with van der Waals surface area (Å²) in [4.78, 5) is 4.51. The molecule has 0 fully saturated rings. The molecule has 1 heterocycles. The van der Waals surface area contributed by atoms with Gasteiger partial charge in [-0.15, -0.1) is 0 Å². The second-order valence-corrected chi connectivity index (χ2v) is 4.71. The summed E-state index contributed by atoms with van der Waals surface area (Å²) in [6.07, 6.45) is 2.14. The summed E-state index contributed by atoms with van der Waals surface area (Å²) >= 11 is 1.92. The maximum absolute atomic E-state index is 4.51. The van der Waals surface area contributed by atoms with Crippen molar-refractivity contribution >= 4 is 11.8 Å². The van der Waals surface area contributed by atoms with E-state index in [-0.39, 0.29) is 0 Å². The minimum Gasteiger partial charge on any atom is -0.331 e. The van der Waals surface area contributed by atoms with Gasteiger partial charge >= 0.3 is 0 Å². The van der Waals surface area contributed by atoms with Gasteiger partial charge in [-0.25, -0.2) is 4.98 Å². The van der Waals surface area contributed by atoms with E-state index in [2.05, 4.69) is 43.4 Å². The van der Waals surface area contributed by atoms with Crippen LogP contribution in [0.2, 0.25) is 0 Å². The highest BCUT2D eigenvalue weighted by Gasteiger charge is 2.07. The Morgan fingerprint density at radius 2 is 2.23 bits per heavy atom. The van der Waals surface area contributed by atoms with Gasteiger partial charge in [0.05, 0.1) is 11.4 Å². The summed E-state index contributed by atoms with van der Waals surface area (Å²) in [5, 5.41) is 0. The molecule has 0 unspecified atom stereocenters. The van der Waals surface area contributed by atoms with Crippen LogP contribution in [-0.4, -0.2) is 15.3 Å². The first-order valence-corrected chi connectivity index (χ1v) is 5.92. The van der Waals surface area contributed by atoms with Gasteiger partial charge in [0.25, 0.3) is 0 Å². The van der Waals surface area contributed by atoms with E-state index in [1.165, 1.54) is 5.82 Å². The van der Waals surface area contributed by atoms with Crippen molar-refractivity contribution in [3.8, 4) is 0 Å². The first-order chi connectivity index (χ1) is 6.15. The third-order valence-electron chi connectivity index (χ3n) is 1.92. The second-order valence-electron chi connectivity index (χ2n) is 3.44. The van der Waals surface area contributed by atoms with E-state index in [1.807, 2.05) is 11.8 Å². The molecule has 1 aromatic heterocycles. The highest BCUT2D eigenvalue weighted by atomic mass is 32.2. The summed E-state index contributed by atoms with van der Waals surface area (Å²) in [5.41, 5.74) is 1.13. The number of aryl methyl sites for hydroxylation is 1. The number of hydrogen-bond acceptors (Lipinski definition) is 2. The predicted molar refractivity (Wildman–Crippen MR) is 59.2 cm³/mol. The molecule has 0 saturated carbocycles. The molecule has 0 saturated heterocycles. The minimum absolute atomic E-state index is 0.522. The fourth-order valence-electron chi connectivity index (χ4n) is 1.31. The molecule has 74 valence electrons. The zero-order valence-corrected chi connectivity index (χ0v) is 9.69. The van der Waals surface area contributed by atoms with Crippen molar-refractivity contribution in [3.05, 3.63) is 17.7 Å². The number of hydrogen-bond donors (Lipinski definition) is 0. The summed E-state index contributed by atoms with van der Waals surface area (Å²) < 4.78 is 2.26. The van der Waals surface area contributed by atoms with Crippen LogP contribution in [0.3, 0.4) is 0 Å². The standard InChI is InChI=1S/C10H18N2S/c1-5-13-7-10-11-9(4)6-12(10)8(2)3/h6,8H,5,7H2,1-4H3. The summed E-state index contributed by atoms with van der Waals surface area (Å²) in [7, 11) is 0. The van der Waals surface area contributed by atoms with E-state index in [0.29, 0.717) is 6.04 Å². The maximum atomic E-state index is 4.51. The van der Waals surface area contributed by atoms with E-state index >= 15 is 0 Å². The first kappa shape index (κ1) is 10.6. The Labute approximate surface area is 84.7 Å². The molecule has 0 atom stereocenters. The van der Waals surface area contributed by atoms with Crippen molar-refractivity contribution in [2.24, 2.45) is 0 Å². The van der Waals surface area contributed by atoms with Crippen molar-refractivity contribution in [3.63, 3.8) is 0 Å². The van der Waals surface area contributed by atoms with Crippen molar-refractivity contribution < 1.29 is 0 Å². The fourth-order valence-corrected chi connectivity index (χ4v) is 1.91. The van der Waals surface area contributed by atoms with Gasteiger partial charge in [-0.05, 0) is 26.5 Å². The summed E-state index contributed by atoms with van der Waals surface area (Å²) in [5.74, 6) is 3.39. The van der Waals surface area contributed by atoms with Gasteiger partial charge in [0.15, 0.2) is 0 Å². The number of thioether (sulfide) groups is 1. The Balaban J connectivity index is 2.78. The number of nitrogens with zero attached hydrogens (tertiary/aromatic N) is 2. The van der Waals surface area contributed by atoms with E-state index < -0.39 is 0 Å². The van der Waals surface area contributed by atoms with Gasteiger partial charge in [0.2, 0.25) is 0 Å². The molecular formula is C10H18N2S. The summed E-state index contributed by atoms with van der Waals surface area (Å²) in [6.45, 7) is 8.63. The summed E-state index contributed by atoms with van der Waals surface area (Å²) in [6, 6.07) is 0.522. The molecule has 0 amide bonds. The lowest BCUT2D eigenvalue weighted by atomic mass is 10.4. The monoisotopic (exact) mass is 198 g/mol. The van der Waals surface area contributed by atoms with E-state index in [4.69, 9.17) is 0 Å². The lowest BCUT2D eigenvalue weighted by Gasteiger charge is -2.10. The Morgan fingerprint density at radius 1 is 1.54 bits per heavy atom. The number of imidazole rings is 1. The number of rotatable bonds is 4. The van der Waals surface area contributed by atoms with Gasteiger partial charge in [-0.1, -0.05) is 6.92 Å². The van der Waals surface area contributed by atoms with Gasteiger partial charge in [0.1, 0.15) is 5.82 Å². The molecule has 1 aromatic rings. The molecular weight excluding hydrogens is 180 g/mol. The van der Waals surface area contributed by atoms with Crippen LogP contribution in [0, 0.1) is 6.92 Å². The highest BCUT2D eigenvalue weighted by molar-refractivity contribution is 7.98. The van der Waals surface area contributed by atoms with Gasteiger partial charge in [-0.2, -0.15) is 11.8 Å². The van der Waals surface area contributed by atoms with Gasteiger partial charge in [-0.3, -0.25) is 0 Å².